The third-order valence-electron chi connectivity index (χ3n) is 4.77. The standard InChI is InChI=1S/C21H19N4O3.C2H4O2.Na/c1-13(2)14-8-9-19-17(10-14)20(26)15(12-28-19)11-18-21(27)24-25(23-18)22-16-6-4-3-5-7-16;1-2(3)4;/h4-13,22-23H,1-2H3,(H,24,27);1H3,(H,3,4);/b18-11-;;. The summed E-state index contributed by atoms with van der Waals surface area (Å²) >= 11 is 0.980. The van der Waals surface area contributed by atoms with Crippen molar-refractivity contribution in [1.29, 1.82) is 0 Å². The first kappa shape index (κ1) is 24.5. The van der Waals surface area contributed by atoms with E-state index >= 15 is 0 Å². The average molecular weight is 458 g/mol. The Bertz CT molecular complexity index is 1260. The zero-order valence-electron chi connectivity index (χ0n) is 18.8. The zero-order valence-corrected chi connectivity index (χ0v) is 20.8. The van der Waals surface area contributed by atoms with Crippen molar-refractivity contribution in [3.05, 3.63) is 75.8 Å². The van der Waals surface area contributed by atoms with Gasteiger partial charge >= 0.3 is 137 Å². The van der Waals surface area contributed by atoms with Gasteiger partial charge in [-0.05, 0) is 23.6 Å². The van der Waals surface area contributed by atoms with Gasteiger partial charge in [-0.25, -0.2) is 0 Å². The van der Waals surface area contributed by atoms with Crippen molar-refractivity contribution in [2.45, 2.75) is 26.7 Å². The number of nitrogens with one attached hydrogen (secondary N) is 3. The molecule has 1 fully saturated rings. The van der Waals surface area contributed by atoms with Gasteiger partial charge in [-0.1, -0.05) is 19.9 Å². The van der Waals surface area contributed by atoms with Gasteiger partial charge < -0.3 is 5.11 Å². The number of hydrazine groups is 3. The summed E-state index contributed by atoms with van der Waals surface area (Å²) in [7, 11) is 0. The molecular formula is C23H23N4NaO5. The number of rotatable bonds is 4. The second kappa shape index (κ2) is 10.7. The van der Waals surface area contributed by atoms with E-state index in [-0.39, 0.29) is 17.0 Å². The monoisotopic (exact) mass is 458 g/mol. The normalized spacial score (nSPS) is 14.6. The molecule has 0 radical (unpaired) electrons. The maximum absolute atomic E-state index is 12.9. The van der Waals surface area contributed by atoms with Gasteiger partial charge in [-0.3, -0.25) is 4.79 Å². The van der Waals surface area contributed by atoms with E-state index in [1.165, 1.54) is 20.4 Å². The van der Waals surface area contributed by atoms with Gasteiger partial charge in [0.15, 0.2) is 0 Å². The Hall–Kier alpha value is -3.11. The number of benzene rings is 2. The van der Waals surface area contributed by atoms with Crippen LogP contribution in [0.1, 0.15) is 37.8 Å². The Labute approximate surface area is 207 Å². The second-order valence-electron chi connectivity index (χ2n) is 7.87. The van der Waals surface area contributed by atoms with Gasteiger partial charge in [-0.2, -0.15) is 0 Å². The molecule has 0 saturated carbocycles. The van der Waals surface area contributed by atoms with Crippen LogP contribution in [0.5, 0.6) is 0 Å². The second-order valence-corrected chi connectivity index (χ2v) is 9.03. The molecule has 4 rings (SSSR count). The number of carbonyl (C=O) groups is 2. The van der Waals surface area contributed by atoms with Crippen LogP contribution in [0.2, 0.25) is 0 Å². The molecule has 10 heteroatoms. The summed E-state index contributed by atoms with van der Waals surface area (Å²) in [6, 6.07) is 13.5. The summed E-state index contributed by atoms with van der Waals surface area (Å²) in [6.45, 7) is 5.22. The first-order chi connectivity index (χ1) is 15.6. The van der Waals surface area contributed by atoms with Crippen LogP contribution < -0.4 is 24.5 Å². The van der Waals surface area contributed by atoms with Crippen molar-refractivity contribution in [2.24, 2.45) is 0 Å². The molecular weight excluding hydrogens is 435 g/mol. The zero-order chi connectivity index (χ0) is 24.1. The van der Waals surface area contributed by atoms with Crippen molar-refractivity contribution >= 4 is 65.4 Å². The minimum atomic E-state index is -0.833. The van der Waals surface area contributed by atoms with Crippen molar-refractivity contribution in [2.75, 3.05) is 5.43 Å². The van der Waals surface area contributed by atoms with E-state index in [0.717, 1.165) is 46.1 Å². The molecule has 1 aliphatic rings. The Morgan fingerprint density at radius 3 is 2.45 bits per heavy atom. The van der Waals surface area contributed by atoms with Gasteiger partial charge in [0.1, 0.15) is 5.58 Å². The van der Waals surface area contributed by atoms with E-state index in [4.69, 9.17) is 14.3 Å². The smallest absolute Gasteiger partial charge is 0.0438 e. The van der Waals surface area contributed by atoms with E-state index in [1.54, 1.807) is 6.07 Å². The van der Waals surface area contributed by atoms with E-state index < -0.39 is 5.97 Å². The number of fused-ring (bicyclic) bond motifs is 1. The van der Waals surface area contributed by atoms with Crippen molar-refractivity contribution in [3.63, 3.8) is 0 Å². The molecule has 1 amide bonds. The Morgan fingerprint density at radius 1 is 1.15 bits per heavy atom. The number of amides is 1. The molecule has 1 aromatic heterocycles. The number of hydrogen-bond donors (Lipinski definition) is 4. The maximum atomic E-state index is 12.9. The Morgan fingerprint density at radius 2 is 1.82 bits per heavy atom. The molecule has 3 aromatic rings. The van der Waals surface area contributed by atoms with Gasteiger partial charge in [-0.15, -0.1) is 0 Å². The molecule has 33 heavy (non-hydrogen) atoms. The summed E-state index contributed by atoms with van der Waals surface area (Å²) < 4.78 is 6.88. The molecule has 0 aliphatic carbocycles. The molecule has 2 aromatic carbocycles. The molecule has 0 atom stereocenters. The van der Waals surface area contributed by atoms with E-state index in [9.17, 15) is 9.59 Å². The van der Waals surface area contributed by atoms with Crippen LogP contribution in [0.25, 0.3) is 17.0 Å². The van der Waals surface area contributed by atoms with E-state index in [2.05, 4.69) is 30.1 Å². The minimum Gasteiger partial charge on any atom is -0.0438 e. The summed E-state index contributed by atoms with van der Waals surface area (Å²) in [4.78, 5) is 34.2. The van der Waals surface area contributed by atoms with Crippen LogP contribution in [-0.2, 0) is 9.59 Å². The number of carbonyl (C=O) groups excluding carboxylic acids is 1. The first-order valence-corrected chi connectivity index (χ1v) is 11.3. The molecule has 9 nitrogen and oxygen atoms in total. The molecule has 0 bridgehead atoms. The van der Waals surface area contributed by atoms with Crippen LogP contribution in [0.15, 0.2) is 63.6 Å². The van der Waals surface area contributed by atoms with Crippen LogP contribution in [-0.4, -0.2) is 50.1 Å². The fraction of sp³-hybridized carbons (Fsp3) is 0.174. The molecule has 1 aliphatic heterocycles. The van der Waals surface area contributed by atoms with Crippen LogP contribution in [0.4, 0.5) is 5.69 Å². The van der Waals surface area contributed by atoms with Crippen molar-refractivity contribution in [1.82, 2.24) is 16.1 Å². The van der Waals surface area contributed by atoms with Gasteiger partial charge in [0.25, 0.3) is 5.97 Å². The van der Waals surface area contributed by atoms with Crippen molar-refractivity contribution in [3.8, 4) is 0 Å². The number of anilines is 1. The average Bonchev–Trinajstić information content (AvgIpc) is 3.09. The third kappa shape index (κ3) is 6.45. The van der Waals surface area contributed by atoms with Crippen LogP contribution >= 0.6 is 0 Å². The van der Waals surface area contributed by atoms with E-state index in [1.807, 2.05) is 36.4 Å². The van der Waals surface area contributed by atoms with Gasteiger partial charge in [0.2, 0.25) is 0 Å². The molecule has 4 N–H and O–H groups in total. The summed E-state index contributed by atoms with van der Waals surface area (Å²) in [5.74, 6) is -0.890. The quantitative estimate of drug-likeness (QED) is 0.346. The predicted octanol–water partition coefficient (Wildman–Crippen LogP) is 2.02. The summed E-state index contributed by atoms with van der Waals surface area (Å²) in [5, 5.41) is 9.28. The predicted molar refractivity (Wildman–Crippen MR) is 126 cm³/mol. The SMILES string of the molecule is CC(=O)O.CC(C)c1ccc2occ(/C=C3\NN(Nc4cc[c]([Na])cc4)NC3=O)c(=O)c2c1. The Kier molecular flexibility index (Phi) is 7.93. The molecule has 166 valence electrons. The molecule has 0 unspecified atom stereocenters. The van der Waals surface area contributed by atoms with Gasteiger partial charge in [0.05, 0.1) is 0 Å². The number of nitrogens with zero attached hydrogens (tertiary/aromatic N) is 1. The topological polar surface area (TPSA) is 124 Å². The molecule has 0 spiro atoms. The Balaban J connectivity index is 0.000000709. The third-order valence-corrected chi connectivity index (χ3v) is 5.44. The fourth-order valence-corrected chi connectivity index (χ4v) is 3.38. The van der Waals surface area contributed by atoms with Crippen LogP contribution in [0, 0.1) is 0 Å². The van der Waals surface area contributed by atoms with E-state index in [0.29, 0.717) is 22.5 Å². The van der Waals surface area contributed by atoms with Crippen LogP contribution in [0.3, 0.4) is 0 Å². The van der Waals surface area contributed by atoms with Crippen molar-refractivity contribution < 1.29 is 19.1 Å². The summed E-state index contributed by atoms with van der Waals surface area (Å²) in [5.41, 5.74) is 11.4. The fourth-order valence-electron chi connectivity index (χ4n) is 3.05. The number of hydrogen-bond acceptors (Lipinski definition) is 7. The summed E-state index contributed by atoms with van der Waals surface area (Å²) in [6.07, 6.45) is 2.87. The molecule has 1 saturated heterocycles. The minimum absolute atomic E-state index is 0.176. The molecule has 2 heterocycles. The number of carboxylic acids is 1. The number of carboxylic acid groups (broad SMARTS) is 1. The van der Waals surface area contributed by atoms with Gasteiger partial charge in [0, 0.05) is 6.92 Å². The number of aliphatic carboxylic acids is 1. The first-order valence-electron chi connectivity index (χ1n) is 10.3.